The summed E-state index contributed by atoms with van der Waals surface area (Å²) in [5.41, 5.74) is 0.758. The summed E-state index contributed by atoms with van der Waals surface area (Å²) in [7, 11) is -3.45. The van der Waals surface area contributed by atoms with E-state index >= 15 is 0 Å². The maximum Gasteiger partial charge on any atom is 0.243 e. The zero-order chi connectivity index (χ0) is 21.8. The third-order valence-electron chi connectivity index (χ3n) is 5.88. The van der Waals surface area contributed by atoms with E-state index in [9.17, 15) is 13.2 Å². The quantitative estimate of drug-likeness (QED) is 0.661. The molecule has 0 spiro atoms. The zero-order valence-corrected chi connectivity index (χ0v) is 19.4. The number of aromatic amines is 1. The first-order valence-corrected chi connectivity index (χ1v) is 13.3. The molecule has 31 heavy (non-hydrogen) atoms. The molecule has 1 atom stereocenters. The first kappa shape index (κ1) is 22.3. The molecule has 168 valence electrons. The second-order valence-corrected chi connectivity index (χ2v) is 11.2. The molecule has 3 heterocycles. The van der Waals surface area contributed by atoms with Crippen LogP contribution >= 0.6 is 11.8 Å². The third-order valence-corrected chi connectivity index (χ3v) is 8.62. The molecule has 1 N–H and O–H groups in total. The number of hydrogen-bond acceptors (Lipinski definition) is 6. The van der Waals surface area contributed by atoms with Crippen LogP contribution in [0.15, 0.2) is 34.3 Å². The van der Waals surface area contributed by atoms with E-state index < -0.39 is 10.0 Å². The van der Waals surface area contributed by atoms with Crippen LogP contribution in [0.1, 0.15) is 39.0 Å². The fourth-order valence-electron chi connectivity index (χ4n) is 4.11. The second-order valence-electron chi connectivity index (χ2n) is 8.33. The molecule has 2 saturated heterocycles. The molecule has 2 aliphatic rings. The smallest absolute Gasteiger partial charge is 0.243 e. The number of carbonyl (C=O) groups is 1. The number of carbonyl (C=O) groups excluding carboxylic acids is 1. The van der Waals surface area contributed by atoms with Gasteiger partial charge in [-0.05, 0) is 55.9 Å². The number of likely N-dealkylation sites (tertiary alicyclic amines) is 1. The maximum atomic E-state index is 12.8. The minimum Gasteiger partial charge on any atom is -0.342 e. The van der Waals surface area contributed by atoms with Gasteiger partial charge in [-0.15, -0.1) is 5.10 Å². The van der Waals surface area contributed by atoms with Crippen LogP contribution in [-0.2, 0) is 14.8 Å². The summed E-state index contributed by atoms with van der Waals surface area (Å²) < 4.78 is 27.1. The van der Waals surface area contributed by atoms with E-state index in [2.05, 4.69) is 22.1 Å². The van der Waals surface area contributed by atoms with Crippen molar-refractivity contribution in [1.82, 2.24) is 24.4 Å². The molecule has 0 radical (unpaired) electrons. The number of piperidine rings is 2. The molecular weight excluding hydrogens is 434 g/mol. The van der Waals surface area contributed by atoms with Gasteiger partial charge in [0.2, 0.25) is 21.1 Å². The Kier molecular flexibility index (Phi) is 6.98. The standard InChI is InChI=1S/C21H29N5O3S2/c1-16-6-5-11-25(14-16)19(27)15-30-21-22-20(23-24-21)17-7-9-18(10-8-17)31(28,29)26-12-3-2-4-13-26/h7-10,16H,2-6,11-15H2,1H3,(H,22,23,24)/t16-/m0/s1. The average Bonchev–Trinajstić information content (AvgIpc) is 3.27. The lowest BCUT2D eigenvalue weighted by molar-refractivity contribution is -0.130. The van der Waals surface area contributed by atoms with Crippen LogP contribution in [0.2, 0.25) is 0 Å². The van der Waals surface area contributed by atoms with Gasteiger partial charge < -0.3 is 4.90 Å². The number of nitrogens with one attached hydrogen (secondary N) is 1. The number of sulfonamides is 1. The fraction of sp³-hybridized carbons (Fsp3) is 0.571. The van der Waals surface area contributed by atoms with Crippen molar-refractivity contribution in [3.05, 3.63) is 24.3 Å². The predicted molar refractivity (Wildman–Crippen MR) is 120 cm³/mol. The van der Waals surface area contributed by atoms with Gasteiger partial charge in [0.15, 0.2) is 5.82 Å². The third kappa shape index (κ3) is 5.30. The van der Waals surface area contributed by atoms with E-state index in [0.717, 1.165) is 44.3 Å². The summed E-state index contributed by atoms with van der Waals surface area (Å²) in [5, 5.41) is 7.60. The monoisotopic (exact) mass is 463 g/mol. The van der Waals surface area contributed by atoms with Crippen LogP contribution in [0.3, 0.4) is 0 Å². The molecule has 2 aromatic rings. The minimum atomic E-state index is -3.45. The summed E-state index contributed by atoms with van der Waals surface area (Å²) in [6.45, 7) is 5.00. The van der Waals surface area contributed by atoms with E-state index in [0.29, 0.717) is 40.6 Å². The Balaban J connectivity index is 1.37. The lowest BCUT2D eigenvalue weighted by Crippen LogP contribution is -2.40. The summed E-state index contributed by atoms with van der Waals surface area (Å²) in [5.74, 6) is 1.55. The molecule has 1 aromatic heterocycles. The summed E-state index contributed by atoms with van der Waals surface area (Å²) in [6.07, 6.45) is 5.15. The highest BCUT2D eigenvalue weighted by Gasteiger charge is 2.26. The van der Waals surface area contributed by atoms with Gasteiger partial charge in [-0.25, -0.2) is 13.4 Å². The van der Waals surface area contributed by atoms with Crippen LogP contribution in [0.25, 0.3) is 11.4 Å². The van der Waals surface area contributed by atoms with E-state index in [1.165, 1.54) is 18.2 Å². The predicted octanol–water partition coefficient (Wildman–Crippen LogP) is 3.00. The normalized spacial score (nSPS) is 20.7. The number of amides is 1. The van der Waals surface area contributed by atoms with Crippen LogP contribution in [0, 0.1) is 5.92 Å². The topological polar surface area (TPSA) is 99.3 Å². The van der Waals surface area contributed by atoms with Crippen molar-refractivity contribution in [2.45, 2.75) is 49.1 Å². The Hall–Kier alpha value is -1.91. The van der Waals surface area contributed by atoms with Crippen molar-refractivity contribution in [1.29, 1.82) is 0 Å². The first-order valence-electron chi connectivity index (χ1n) is 10.9. The lowest BCUT2D eigenvalue weighted by atomic mass is 10.0. The Labute approximate surface area is 187 Å². The molecular formula is C21H29N5O3S2. The van der Waals surface area contributed by atoms with Crippen molar-refractivity contribution in [2.75, 3.05) is 31.9 Å². The molecule has 0 bridgehead atoms. The number of benzene rings is 1. The Morgan fingerprint density at radius 3 is 2.58 bits per heavy atom. The van der Waals surface area contributed by atoms with Crippen molar-refractivity contribution in [2.24, 2.45) is 5.92 Å². The Morgan fingerprint density at radius 2 is 1.87 bits per heavy atom. The van der Waals surface area contributed by atoms with Gasteiger partial charge in [0, 0.05) is 31.7 Å². The van der Waals surface area contributed by atoms with Crippen molar-refractivity contribution < 1.29 is 13.2 Å². The van der Waals surface area contributed by atoms with E-state index in [4.69, 9.17) is 0 Å². The van der Waals surface area contributed by atoms with Gasteiger partial charge >= 0.3 is 0 Å². The number of hydrogen-bond donors (Lipinski definition) is 1. The molecule has 2 fully saturated rings. The van der Waals surface area contributed by atoms with Crippen LogP contribution in [0.4, 0.5) is 0 Å². The van der Waals surface area contributed by atoms with E-state index in [1.54, 1.807) is 28.6 Å². The molecule has 1 amide bonds. The molecule has 10 heteroatoms. The van der Waals surface area contributed by atoms with Gasteiger partial charge in [0.1, 0.15) is 0 Å². The molecule has 4 rings (SSSR count). The minimum absolute atomic E-state index is 0.121. The summed E-state index contributed by atoms with van der Waals surface area (Å²) in [6, 6.07) is 6.73. The SMILES string of the molecule is C[C@H]1CCCN(C(=O)CSc2n[nH]c(-c3ccc(S(=O)(=O)N4CCCCC4)cc3)n2)C1. The van der Waals surface area contributed by atoms with Gasteiger partial charge in [-0.1, -0.05) is 25.1 Å². The van der Waals surface area contributed by atoms with Crippen molar-refractivity contribution >= 4 is 27.7 Å². The Morgan fingerprint density at radius 1 is 1.13 bits per heavy atom. The fourth-order valence-corrected chi connectivity index (χ4v) is 6.33. The molecule has 1 aromatic carbocycles. The highest BCUT2D eigenvalue weighted by Crippen LogP contribution is 2.25. The first-order chi connectivity index (χ1) is 14.9. The number of thioether (sulfide) groups is 1. The number of rotatable bonds is 6. The van der Waals surface area contributed by atoms with Crippen LogP contribution in [0.5, 0.6) is 0 Å². The maximum absolute atomic E-state index is 12.8. The van der Waals surface area contributed by atoms with Gasteiger partial charge in [-0.2, -0.15) is 4.31 Å². The molecule has 8 nitrogen and oxygen atoms in total. The van der Waals surface area contributed by atoms with Gasteiger partial charge in [-0.3, -0.25) is 9.89 Å². The highest BCUT2D eigenvalue weighted by molar-refractivity contribution is 7.99. The number of aromatic nitrogens is 3. The highest BCUT2D eigenvalue weighted by atomic mass is 32.2. The van der Waals surface area contributed by atoms with Gasteiger partial charge in [0.25, 0.3) is 0 Å². The molecule has 0 saturated carbocycles. The molecule has 0 unspecified atom stereocenters. The molecule has 2 aliphatic heterocycles. The van der Waals surface area contributed by atoms with Crippen LogP contribution < -0.4 is 0 Å². The Bertz CT molecular complexity index is 1000. The average molecular weight is 464 g/mol. The van der Waals surface area contributed by atoms with E-state index in [1.807, 2.05) is 4.90 Å². The van der Waals surface area contributed by atoms with Crippen molar-refractivity contribution in [3.8, 4) is 11.4 Å². The van der Waals surface area contributed by atoms with Crippen molar-refractivity contribution in [3.63, 3.8) is 0 Å². The second kappa shape index (κ2) is 9.70. The molecule has 0 aliphatic carbocycles. The lowest BCUT2D eigenvalue weighted by Gasteiger charge is -2.30. The number of H-pyrrole nitrogens is 1. The number of nitrogens with zero attached hydrogens (tertiary/aromatic N) is 4. The summed E-state index contributed by atoms with van der Waals surface area (Å²) in [4.78, 5) is 19.1. The van der Waals surface area contributed by atoms with Gasteiger partial charge in [0.05, 0.1) is 10.6 Å². The zero-order valence-electron chi connectivity index (χ0n) is 17.8. The summed E-state index contributed by atoms with van der Waals surface area (Å²) >= 11 is 1.32. The largest absolute Gasteiger partial charge is 0.342 e. The van der Waals surface area contributed by atoms with Crippen LogP contribution in [-0.4, -0.2) is 70.6 Å². The van der Waals surface area contributed by atoms with E-state index in [-0.39, 0.29) is 5.91 Å².